The second-order valence-corrected chi connectivity index (χ2v) is 6.21. The van der Waals surface area contributed by atoms with E-state index < -0.39 is 0 Å². The normalized spacial score (nSPS) is 10.9. The van der Waals surface area contributed by atoms with E-state index in [9.17, 15) is 4.79 Å². The highest BCUT2D eigenvalue weighted by molar-refractivity contribution is 14.0. The summed E-state index contributed by atoms with van der Waals surface area (Å²) in [5, 5.41) is 9.39. The number of rotatable bonds is 7. The number of carbonyl (C=O) groups excluding carboxylic acids is 1. The number of aromatic nitrogens is 1. The van der Waals surface area contributed by atoms with Crippen molar-refractivity contribution in [3.8, 4) is 0 Å². The van der Waals surface area contributed by atoms with Crippen LogP contribution in [0, 0.1) is 5.92 Å². The Labute approximate surface area is 178 Å². The summed E-state index contributed by atoms with van der Waals surface area (Å²) >= 11 is 0. The van der Waals surface area contributed by atoms with Crippen LogP contribution in [0.15, 0.2) is 53.7 Å². The predicted molar refractivity (Wildman–Crippen MR) is 121 cm³/mol. The summed E-state index contributed by atoms with van der Waals surface area (Å²) < 4.78 is 0. The number of carbonyl (C=O) groups is 1. The van der Waals surface area contributed by atoms with Gasteiger partial charge in [-0.25, -0.2) is 4.99 Å². The first kappa shape index (κ1) is 22.9. The lowest BCUT2D eigenvalue weighted by atomic mass is 10.2. The molecule has 0 fully saturated rings. The molecule has 2 rings (SSSR count). The number of benzene rings is 1. The average molecular weight is 481 g/mol. The summed E-state index contributed by atoms with van der Waals surface area (Å²) in [6.45, 7) is 7.73. The molecule has 0 aliphatic heterocycles. The van der Waals surface area contributed by atoms with Crippen molar-refractivity contribution in [2.24, 2.45) is 10.9 Å². The highest BCUT2D eigenvalue weighted by atomic mass is 127. The fourth-order valence-corrected chi connectivity index (χ4v) is 2.17. The van der Waals surface area contributed by atoms with Crippen LogP contribution >= 0.6 is 24.0 Å². The zero-order valence-corrected chi connectivity index (χ0v) is 18.4. The molecule has 1 aromatic carbocycles. The van der Waals surface area contributed by atoms with E-state index >= 15 is 0 Å². The molecule has 0 bridgehead atoms. The molecule has 1 heterocycles. The van der Waals surface area contributed by atoms with Crippen LogP contribution in [0.5, 0.6) is 0 Å². The van der Waals surface area contributed by atoms with Gasteiger partial charge in [-0.05, 0) is 36.8 Å². The first-order valence-electron chi connectivity index (χ1n) is 8.90. The van der Waals surface area contributed by atoms with Crippen LogP contribution < -0.4 is 16.0 Å². The molecule has 3 N–H and O–H groups in total. The minimum atomic E-state index is -0.0351. The predicted octanol–water partition coefficient (Wildman–Crippen LogP) is 3.55. The number of hydrogen-bond donors (Lipinski definition) is 3. The number of pyridine rings is 1. The maximum atomic E-state index is 11.7. The zero-order chi connectivity index (χ0) is 18.8. The minimum Gasteiger partial charge on any atom is -0.357 e. The molecule has 0 saturated heterocycles. The van der Waals surface area contributed by atoms with Crippen LogP contribution in [-0.4, -0.2) is 23.4 Å². The maximum absolute atomic E-state index is 11.7. The molecule has 0 saturated carbocycles. The molecular weight excluding hydrogens is 453 g/mol. The Kier molecular flexibility index (Phi) is 10.4. The van der Waals surface area contributed by atoms with E-state index in [1.165, 1.54) is 0 Å². The van der Waals surface area contributed by atoms with Crippen molar-refractivity contribution in [3.63, 3.8) is 0 Å². The van der Waals surface area contributed by atoms with Gasteiger partial charge in [0.15, 0.2) is 5.96 Å². The number of nitrogens with zero attached hydrogens (tertiary/aromatic N) is 2. The minimum absolute atomic E-state index is 0. The van der Waals surface area contributed by atoms with Crippen LogP contribution in [0.25, 0.3) is 0 Å². The van der Waals surface area contributed by atoms with E-state index in [0.717, 1.165) is 29.4 Å². The van der Waals surface area contributed by atoms with E-state index in [4.69, 9.17) is 0 Å². The van der Waals surface area contributed by atoms with Gasteiger partial charge >= 0.3 is 0 Å². The van der Waals surface area contributed by atoms with E-state index in [2.05, 4.69) is 25.9 Å². The molecule has 6 nitrogen and oxygen atoms in total. The van der Waals surface area contributed by atoms with Crippen molar-refractivity contribution < 1.29 is 4.79 Å². The van der Waals surface area contributed by atoms with Crippen molar-refractivity contribution in [2.75, 3.05) is 11.9 Å². The third-order valence-electron chi connectivity index (χ3n) is 3.67. The van der Waals surface area contributed by atoms with Crippen molar-refractivity contribution in [2.45, 2.75) is 33.9 Å². The fraction of sp³-hybridized carbons (Fsp3) is 0.350. The molecule has 0 aliphatic rings. The van der Waals surface area contributed by atoms with Crippen LogP contribution in [0.3, 0.4) is 0 Å². The number of halogens is 1. The van der Waals surface area contributed by atoms with Gasteiger partial charge in [-0.3, -0.25) is 9.78 Å². The number of hydrogen-bond acceptors (Lipinski definition) is 3. The first-order valence-corrected chi connectivity index (χ1v) is 8.90. The Morgan fingerprint density at radius 1 is 1.11 bits per heavy atom. The molecule has 1 aromatic heterocycles. The number of guanidine groups is 1. The van der Waals surface area contributed by atoms with Crippen molar-refractivity contribution >= 4 is 41.5 Å². The van der Waals surface area contributed by atoms with Crippen molar-refractivity contribution in [1.29, 1.82) is 0 Å². The second-order valence-electron chi connectivity index (χ2n) is 6.21. The van der Waals surface area contributed by atoms with Gasteiger partial charge in [0.1, 0.15) is 0 Å². The van der Waals surface area contributed by atoms with Crippen LogP contribution in [0.4, 0.5) is 5.69 Å². The van der Waals surface area contributed by atoms with Gasteiger partial charge in [0.05, 0.1) is 18.8 Å². The first-order chi connectivity index (χ1) is 12.6. The Balaban J connectivity index is 0.00000364. The molecule has 0 spiro atoms. The van der Waals surface area contributed by atoms with Crippen molar-refractivity contribution in [3.05, 3.63) is 59.9 Å². The number of amides is 1. The summed E-state index contributed by atoms with van der Waals surface area (Å²) in [4.78, 5) is 20.6. The molecule has 2 aromatic rings. The van der Waals surface area contributed by atoms with Gasteiger partial charge in [0, 0.05) is 24.3 Å². The Bertz CT molecular complexity index is 717. The summed E-state index contributed by atoms with van der Waals surface area (Å²) in [5.74, 6) is 0.728. The molecular formula is C20H28IN5O. The third-order valence-corrected chi connectivity index (χ3v) is 3.67. The molecule has 0 radical (unpaired) electrons. The quantitative estimate of drug-likeness (QED) is 0.321. The van der Waals surface area contributed by atoms with Gasteiger partial charge in [-0.1, -0.05) is 32.0 Å². The molecule has 146 valence electrons. The second kappa shape index (κ2) is 12.3. The SMILES string of the molecule is CCNC(=NCc1ccc(NC(=O)C(C)C)cc1)NCc1ccccn1.I. The smallest absolute Gasteiger partial charge is 0.226 e. The highest BCUT2D eigenvalue weighted by Gasteiger charge is 2.06. The monoisotopic (exact) mass is 481 g/mol. The molecule has 1 amide bonds. The number of nitrogens with one attached hydrogen (secondary N) is 3. The fourth-order valence-electron chi connectivity index (χ4n) is 2.17. The summed E-state index contributed by atoms with van der Waals surface area (Å²) in [7, 11) is 0. The molecule has 7 heteroatoms. The lowest BCUT2D eigenvalue weighted by molar-refractivity contribution is -0.118. The highest BCUT2D eigenvalue weighted by Crippen LogP contribution is 2.11. The largest absolute Gasteiger partial charge is 0.357 e. The van der Waals surface area contributed by atoms with E-state index in [1.807, 2.05) is 63.2 Å². The summed E-state index contributed by atoms with van der Waals surface area (Å²) in [6, 6.07) is 13.6. The molecule has 27 heavy (non-hydrogen) atoms. The van der Waals surface area contributed by atoms with Crippen LogP contribution in [-0.2, 0) is 17.9 Å². The molecule has 0 aliphatic carbocycles. The van der Waals surface area contributed by atoms with Gasteiger partial charge in [0.25, 0.3) is 0 Å². The molecule has 0 atom stereocenters. The number of aliphatic imine (C=N–C) groups is 1. The lowest BCUT2D eigenvalue weighted by Gasteiger charge is -2.11. The molecule has 0 unspecified atom stereocenters. The van der Waals surface area contributed by atoms with Crippen LogP contribution in [0.2, 0.25) is 0 Å². The Hall–Kier alpha value is -2.16. The summed E-state index contributed by atoms with van der Waals surface area (Å²) in [6.07, 6.45) is 1.78. The van der Waals surface area contributed by atoms with Gasteiger partial charge < -0.3 is 16.0 Å². The van der Waals surface area contributed by atoms with Gasteiger partial charge in [-0.15, -0.1) is 24.0 Å². The topological polar surface area (TPSA) is 78.4 Å². The average Bonchev–Trinajstić information content (AvgIpc) is 2.66. The van der Waals surface area contributed by atoms with Gasteiger partial charge in [-0.2, -0.15) is 0 Å². The van der Waals surface area contributed by atoms with E-state index in [1.54, 1.807) is 6.20 Å². The summed E-state index contributed by atoms with van der Waals surface area (Å²) in [5.41, 5.74) is 2.84. The maximum Gasteiger partial charge on any atom is 0.226 e. The standard InChI is InChI=1S/C20H27N5O.HI/c1-4-21-20(24-14-18-7-5-6-12-22-18)23-13-16-8-10-17(11-9-16)25-19(26)15(2)3;/h5-12,15H,4,13-14H2,1-3H3,(H,25,26)(H2,21,23,24);1H. The van der Waals surface area contributed by atoms with E-state index in [0.29, 0.717) is 13.1 Å². The Morgan fingerprint density at radius 2 is 1.85 bits per heavy atom. The zero-order valence-electron chi connectivity index (χ0n) is 16.0. The third kappa shape index (κ3) is 8.38. The van der Waals surface area contributed by atoms with Gasteiger partial charge in [0.2, 0.25) is 5.91 Å². The van der Waals surface area contributed by atoms with E-state index in [-0.39, 0.29) is 35.8 Å². The van der Waals surface area contributed by atoms with Crippen molar-refractivity contribution in [1.82, 2.24) is 15.6 Å². The Morgan fingerprint density at radius 3 is 2.44 bits per heavy atom. The van der Waals surface area contributed by atoms with Crippen LogP contribution in [0.1, 0.15) is 32.0 Å². The number of anilines is 1. The lowest BCUT2D eigenvalue weighted by Crippen LogP contribution is -2.36.